The number of nitrogens with one attached hydrogen (secondary N) is 2. The normalized spacial score (nSPS) is 21.6. The minimum absolute atomic E-state index is 0.00351. The van der Waals surface area contributed by atoms with Gasteiger partial charge in [0.25, 0.3) is 0 Å². The quantitative estimate of drug-likeness (QED) is 0.129. The Labute approximate surface area is 270 Å². The van der Waals surface area contributed by atoms with E-state index in [-0.39, 0.29) is 36.7 Å². The van der Waals surface area contributed by atoms with Crippen LogP contribution in [0.3, 0.4) is 0 Å². The van der Waals surface area contributed by atoms with E-state index in [1.807, 2.05) is 60.7 Å². The van der Waals surface area contributed by atoms with Crippen LogP contribution in [-0.2, 0) is 32.2 Å². The van der Waals surface area contributed by atoms with E-state index in [0.29, 0.717) is 56.6 Å². The maximum atomic E-state index is 12.4. The number of nitrogen functional groups attached to an aromatic ring is 1. The van der Waals surface area contributed by atoms with Crippen LogP contribution in [0.2, 0.25) is 0 Å². The molecule has 4 atom stereocenters. The third-order valence-corrected chi connectivity index (χ3v) is 8.61. The van der Waals surface area contributed by atoms with E-state index in [1.54, 1.807) is 12.1 Å². The molecule has 46 heavy (non-hydrogen) atoms. The average Bonchev–Trinajstić information content (AvgIpc) is 3.48. The monoisotopic (exact) mass is 630 g/mol. The summed E-state index contributed by atoms with van der Waals surface area (Å²) in [5, 5.41) is 25.3. The highest BCUT2D eigenvalue weighted by Crippen LogP contribution is 2.38. The van der Waals surface area contributed by atoms with Crippen LogP contribution in [0, 0.1) is 0 Å². The summed E-state index contributed by atoms with van der Waals surface area (Å²) >= 11 is 0. The Kier molecular flexibility index (Phi) is 12.2. The third-order valence-electron chi connectivity index (χ3n) is 8.61. The molecule has 3 aromatic rings. The van der Waals surface area contributed by atoms with Crippen molar-refractivity contribution >= 4 is 23.2 Å². The van der Waals surface area contributed by atoms with Crippen LogP contribution < -0.4 is 16.4 Å². The van der Waals surface area contributed by atoms with E-state index in [0.717, 1.165) is 48.2 Å². The van der Waals surface area contributed by atoms with Crippen LogP contribution in [0.5, 0.6) is 0 Å². The second-order valence-electron chi connectivity index (χ2n) is 12.3. The molecular formula is C36H46N4O6. The number of carbonyl (C=O) groups is 2. The van der Waals surface area contributed by atoms with E-state index < -0.39 is 6.29 Å². The van der Waals surface area contributed by atoms with Crippen molar-refractivity contribution in [1.82, 2.24) is 10.2 Å². The summed E-state index contributed by atoms with van der Waals surface area (Å²) in [6.45, 7) is 2.65. The van der Waals surface area contributed by atoms with Gasteiger partial charge in [-0.25, -0.2) is 0 Å². The van der Waals surface area contributed by atoms with E-state index in [9.17, 15) is 19.8 Å². The molecule has 246 valence electrons. The predicted molar refractivity (Wildman–Crippen MR) is 176 cm³/mol. The maximum absolute atomic E-state index is 12.4. The molecule has 2 amide bonds. The molecule has 0 aromatic heterocycles. The number of para-hydroxylation sites is 2. The molecule has 0 aliphatic carbocycles. The van der Waals surface area contributed by atoms with Gasteiger partial charge in [0, 0.05) is 51.0 Å². The first-order chi connectivity index (χ1) is 22.4. The lowest BCUT2D eigenvalue weighted by molar-refractivity contribution is -0.252. The summed E-state index contributed by atoms with van der Waals surface area (Å²) in [4.78, 5) is 26.8. The standard InChI is InChI=1S/C36H46N4O6/c37-31-6-4-5-7-32(31)39-35(44)9-3-1-2-8-34(43)38-21-25-10-16-28(17-11-25)36-45-30(23-40-19-18-29(42)22-40)20-33(46-36)27-14-12-26(24-41)13-15-27/h4-7,10-17,29-30,33,36,41-42H,1-3,8-9,18-24,37H2,(H,38,43)(H,39,44)/t29-,30+,33-,36-/m0/s1. The predicted octanol–water partition coefficient (Wildman–Crippen LogP) is 4.58. The first kappa shape index (κ1) is 33.6. The van der Waals surface area contributed by atoms with Crippen LogP contribution in [0.1, 0.15) is 79.6 Å². The van der Waals surface area contributed by atoms with Crippen molar-refractivity contribution in [2.45, 2.75) is 82.7 Å². The smallest absolute Gasteiger partial charge is 0.224 e. The van der Waals surface area contributed by atoms with Gasteiger partial charge in [0.05, 0.1) is 36.3 Å². The Bertz CT molecular complexity index is 1420. The zero-order valence-electron chi connectivity index (χ0n) is 26.3. The van der Waals surface area contributed by atoms with Crippen LogP contribution in [0.15, 0.2) is 72.8 Å². The van der Waals surface area contributed by atoms with Crippen LogP contribution in [0.25, 0.3) is 0 Å². The third kappa shape index (κ3) is 9.85. The minimum Gasteiger partial charge on any atom is -0.397 e. The minimum atomic E-state index is -0.551. The van der Waals surface area contributed by atoms with Gasteiger partial charge in [-0.05, 0) is 48.1 Å². The van der Waals surface area contributed by atoms with Gasteiger partial charge in [0.15, 0.2) is 6.29 Å². The molecule has 10 nitrogen and oxygen atoms in total. The van der Waals surface area contributed by atoms with Gasteiger partial charge in [-0.2, -0.15) is 0 Å². The number of hydrogen-bond acceptors (Lipinski definition) is 8. The fourth-order valence-corrected chi connectivity index (χ4v) is 5.95. The number of hydrogen-bond donors (Lipinski definition) is 5. The molecule has 0 bridgehead atoms. The Morgan fingerprint density at radius 1 is 0.870 bits per heavy atom. The first-order valence-electron chi connectivity index (χ1n) is 16.3. The van der Waals surface area contributed by atoms with Crippen molar-refractivity contribution in [1.29, 1.82) is 0 Å². The van der Waals surface area contributed by atoms with E-state index >= 15 is 0 Å². The van der Waals surface area contributed by atoms with E-state index in [4.69, 9.17) is 15.2 Å². The van der Waals surface area contributed by atoms with Gasteiger partial charge in [-0.3, -0.25) is 14.5 Å². The highest BCUT2D eigenvalue weighted by atomic mass is 16.7. The van der Waals surface area contributed by atoms with Crippen molar-refractivity contribution in [3.05, 3.63) is 95.1 Å². The molecule has 0 radical (unpaired) electrons. The Morgan fingerprint density at radius 2 is 1.57 bits per heavy atom. The summed E-state index contributed by atoms with van der Waals surface area (Å²) in [6, 6.07) is 22.9. The summed E-state index contributed by atoms with van der Waals surface area (Å²) < 4.78 is 12.9. The summed E-state index contributed by atoms with van der Waals surface area (Å²) in [5.74, 6) is -0.0986. The molecule has 2 fully saturated rings. The fourth-order valence-electron chi connectivity index (χ4n) is 5.95. The Balaban J connectivity index is 1.07. The molecule has 3 aromatic carbocycles. The maximum Gasteiger partial charge on any atom is 0.224 e. The number of β-amino-alcohol motifs (C(OH)–C–C–N with tert-alkyl or cyclic N) is 1. The summed E-state index contributed by atoms with van der Waals surface area (Å²) in [6.07, 6.45) is 3.39. The number of aliphatic hydroxyl groups excluding tert-OH is 2. The van der Waals surface area contributed by atoms with Gasteiger partial charge >= 0.3 is 0 Å². The number of likely N-dealkylation sites (tertiary alicyclic amines) is 1. The molecular weight excluding hydrogens is 584 g/mol. The number of benzene rings is 3. The number of ether oxygens (including phenoxy) is 2. The topological polar surface area (TPSA) is 146 Å². The number of nitrogens with zero attached hydrogens (tertiary/aromatic N) is 1. The van der Waals surface area contributed by atoms with Gasteiger partial charge in [-0.1, -0.05) is 67.1 Å². The molecule has 5 rings (SSSR count). The number of nitrogens with two attached hydrogens (primary N) is 1. The molecule has 0 unspecified atom stereocenters. The lowest BCUT2D eigenvalue weighted by Gasteiger charge is -2.37. The highest BCUT2D eigenvalue weighted by molar-refractivity contribution is 5.93. The second kappa shape index (κ2) is 16.7. The van der Waals surface area contributed by atoms with Gasteiger partial charge in [0.2, 0.25) is 11.8 Å². The average molecular weight is 631 g/mol. The van der Waals surface area contributed by atoms with Crippen LogP contribution >= 0.6 is 0 Å². The molecule has 0 spiro atoms. The zero-order chi connectivity index (χ0) is 32.3. The number of unbranched alkanes of at least 4 members (excludes halogenated alkanes) is 2. The summed E-state index contributed by atoms with van der Waals surface area (Å²) in [5.41, 5.74) is 10.8. The van der Waals surface area contributed by atoms with Crippen molar-refractivity contribution in [2.75, 3.05) is 30.7 Å². The fraction of sp³-hybridized carbons (Fsp3) is 0.444. The molecule has 2 aliphatic rings. The second-order valence-corrected chi connectivity index (χ2v) is 12.3. The van der Waals surface area contributed by atoms with Gasteiger partial charge in [0.1, 0.15) is 0 Å². The molecule has 6 N–H and O–H groups in total. The lowest BCUT2D eigenvalue weighted by Crippen LogP contribution is -2.38. The Morgan fingerprint density at radius 3 is 2.26 bits per heavy atom. The Hall–Kier alpha value is -3.80. The highest BCUT2D eigenvalue weighted by Gasteiger charge is 2.34. The number of anilines is 2. The molecule has 0 saturated carbocycles. The van der Waals surface area contributed by atoms with Gasteiger partial charge in [-0.15, -0.1) is 0 Å². The van der Waals surface area contributed by atoms with Crippen LogP contribution in [0.4, 0.5) is 11.4 Å². The number of aliphatic hydroxyl groups is 2. The van der Waals surface area contributed by atoms with Crippen molar-refractivity contribution < 1.29 is 29.3 Å². The lowest BCUT2D eigenvalue weighted by atomic mass is 9.99. The SMILES string of the molecule is Nc1ccccc1NC(=O)CCCCCC(=O)NCc1ccc([C@H]2O[C@@H](CN3CC[C@H](O)C3)C[C@@H](c3ccc(CO)cc3)O2)cc1. The zero-order valence-corrected chi connectivity index (χ0v) is 26.3. The molecule has 2 aliphatic heterocycles. The molecule has 10 heteroatoms. The first-order valence-corrected chi connectivity index (χ1v) is 16.3. The number of amides is 2. The van der Waals surface area contributed by atoms with E-state index in [2.05, 4.69) is 15.5 Å². The van der Waals surface area contributed by atoms with Crippen LogP contribution in [-0.4, -0.2) is 58.8 Å². The molecule has 2 heterocycles. The van der Waals surface area contributed by atoms with E-state index in [1.165, 1.54) is 0 Å². The van der Waals surface area contributed by atoms with Crippen molar-refractivity contribution in [2.24, 2.45) is 0 Å². The largest absolute Gasteiger partial charge is 0.397 e. The van der Waals surface area contributed by atoms with Gasteiger partial charge < -0.3 is 36.1 Å². The summed E-state index contributed by atoms with van der Waals surface area (Å²) in [7, 11) is 0. The number of carbonyl (C=O) groups excluding carboxylic acids is 2. The van der Waals surface area contributed by atoms with Crippen molar-refractivity contribution in [3.8, 4) is 0 Å². The molecule has 2 saturated heterocycles. The number of rotatable bonds is 14. The van der Waals surface area contributed by atoms with Crippen molar-refractivity contribution in [3.63, 3.8) is 0 Å².